The third-order valence-electron chi connectivity index (χ3n) is 9.83. The first-order valence-electron chi connectivity index (χ1n) is 14.3. The topological polar surface area (TPSA) is 6.48 Å². The standard InChI is InChI=1S/C33H36N2S/c1-20-10-11-25(30(36)16-20)31-28-17-21-6-2-12-34-14-4-8-23(32(21)34)26(28)19-27-24-9-5-15-35-13-3-7-22(33(24)35)18-29(27)31/h10-11,16-18,31,36H,2-9,12-15,19H2,1H3. The van der Waals surface area contributed by atoms with Crippen molar-refractivity contribution in [3.63, 3.8) is 0 Å². The molecule has 4 heterocycles. The Kier molecular flexibility index (Phi) is 4.85. The number of benzene rings is 3. The molecule has 0 saturated heterocycles. The van der Waals surface area contributed by atoms with Gasteiger partial charge in [-0.2, -0.15) is 0 Å². The van der Waals surface area contributed by atoms with Crippen LogP contribution in [0.5, 0.6) is 0 Å². The van der Waals surface area contributed by atoms with Gasteiger partial charge in [-0.3, -0.25) is 0 Å². The molecule has 5 aliphatic rings. The van der Waals surface area contributed by atoms with E-state index in [1.165, 1.54) is 88.7 Å². The quantitative estimate of drug-likeness (QED) is 0.293. The number of nitrogens with zero attached hydrogens (tertiary/aromatic N) is 2. The van der Waals surface area contributed by atoms with Gasteiger partial charge in [0.15, 0.2) is 0 Å². The molecule has 3 aromatic carbocycles. The normalized spacial score (nSPS) is 19.9. The van der Waals surface area contributed by atoms with Gasteiger partial charge in [0.2, 0.25) is 0 Å². The maximum Gasteiger partial charge on any atom is 0.0434 e. The first kappa shape index (κ1) is 21.7. The van der Waals surface area contributed by atoms with E-state index in [1.54, 1.807) is 55.9 Å². The van der Waals surface area contributed by atoms with Gasteiger partial charge in [-0.15, -0.1) is 12.6 Å². The molecular weight excluding hydrogens is 456 g/mol. The van der Waals surface area contributed by atoms with Crippen molar-refractivity contribution < 1.29 is 0 Å². The van der Waals surface area contributed by atoms with Gasteiger partial charge < -0.3 is 9.80 Å². The highest BCUT2D eigenvalue weighted by Crippen LogP contribution is 2.52. The van der Waals surface area contributed by atoms with Gasteiger partial charge in [0.05, 0.1) is 0 Å². The van der Waals surface area contributed by atoms with Crippen LogP contribution in [0.1, 0.15) is 87.2 Å². The molecule has 0 N–H and O–H groups in total. The van der Waals surface area contributed by atoms with Gasteiger partial charge in [0.1, 0.15) is 0 Å². The van der Waals surface area contributed by atoms with Crippen molar-refractivity contribution in [2.24, 2.45) is 0 Å². The van der Waals surface area contributed by atoms with Gasteiger partial charge in [0, 0.05) is 48.4 Å². The predicted molar refractivity (Wildman–Crippen MR) is 153 cm³/mol. The van der Waals surface area contributed by atoms with Gasteiger partial charge >= 0.3 is 0 Å². The third-order valence-corrected chi connectivity index (χ3v) is 10.2. The molecule has 0 radical (unpaired) electrons. The molecule has 0 atom stereocenters. The molecule has 0 aromatic heterocycles. The van der Waals surface area contributed by atoms with Crippen LogP contribution in [0.25, 0.3) is 0 Å². The number of hydrogen-bond donors (Lipinski definition) is 1. The Morgan fingerprint density at radius 3 is 1.69 bits per heavy atom. The predicted octanol–water partition coefficient (Wildman–Crippen LogP) is 6.77. The summed E-state index contributed by atoms with van der Waals surface area (Å²) in [4.78, 5) is 6.59. The highest BCUT2D eigenvalue weighted by Gasteiger charge is 2.38. The molecule has 8 rings (SSSR count). The van der Waals surface area contributed by atoms with Crippen molar-refractivity contribution in [3.8, 4) is 0 Å². The summed E-state index contributed by atoms with van der Waals surface area (Å²) in [6, 6.07) is 12.3. The molecular formula is C33H36N2S. The van der Waals surface area contributed by atoms with E-state index in [9.17, 15) is 0 Å². The number of rotatable bonds is 1. The van der Waals surface area contributed by atoms with Crippen LogP contribution in [0, 0.1) is 6.92 Å². The first-order valence-corrected chi connectivity index (χ1v) is 14.8. The fourth-order valence-corrected chi connectivity index (χ4v) is 8.82. The summed E-state index contributed by atoms with van der Waals surface area (Å²) in [6.07, 6.45) is 11.3. The zero-order valence-corrected chi connectivity index (χ0v) is 22.4. The van der Waals surface area contributed by atoms with Crippen LogP contribution in [0.3, 0.4) is 0 Å². The molecule has 2 nitrogen and oxygen atoms in total. The van der Waals surface area contributed by atoms with Crippen LogP contribution in [-0.4, -0.2) is 26.2 Å². The Morgan fingerprint density at radius 1 is 0.639 bits per heavy atom. The Morgan fingerprint density at radius 2 is 1.17 bits per heavy atom. The lowest BCUT2D eigenvalue weighted by atomic mass is 9.68. The summed E-state index contributed by atoms with van der Waals surface area (Å²) < 4.78 is 0. The second-order valence-corrected chi connectivity index (χ2v) is 12.4. The zero-order valence-electron chi connectivity index (χ0n) is 21.5. The van der Waals surface area contributed by atoms with Crippen molar-refractivity contribution in [1.82, 2.24) is 0 Å². The molecule has 0 unspecified atom stereocenters. The average Bonchev–Trinajstić information content (AvgIpc) is 2.89. The highest BCUT2D eigenvalue weighted by atomic mass is 32.1. The zero-order chi connectivity index (χ0) is 24.0. The molecule has 0 fully saturated rings. The molecule has 184 valence electrons. The minimum absolute atomic E-state index is 0.301. The van der Waals surface area contributed by atoms with Crippen molar-refractivity contribution in [2.45, 2.75) is 75.5 Å². The van der Waals surface area contributed by atoms with E-state index in [0.29, 0.717) is 5.92 Å². The van der Waals surface area contributed by atoms with E-state index in [0.717, 1.165) is 11.3 Å². The number of fused-ring (bicyclic) bond motifs is 4. The van der Waals surface area contributed by atoms with Gasteiger partial charge in [0.25, 0.3) is 0 Å². The summed E-state index contributed by atoms with van der Waals surface area (Å²) in [6.45, 7) is 7.16. The monoisotopic (exact) mass is 492 g/mol. The van der Waals surface area contributed by atoms with E-state index in [1.807, 2.05) is 0 Å². The largest absolute Gasteiger partial charge is 0.371 e. The second kappa shape index (κ2) is 8.05. The number of anilines is 2. The first-order chi connectivity index (χ1) is 17.7. The smallest absolute Gasteiger partial charge is 0.0434 e. The molecule has 3 heteroatoms. The van der Waals surface area contributed by atoms with Gasteiger partial charge in [-0.05, 0) is 121 Å². The van der Waals surface area contributed by atoms with Crippen LogP contribution in [0.15, 0.2) is 35.2 Å². The van der Waals surface area contributed by atoms with Gasteiger partial charge in [-0.1, -0.05) is 29.8 Å². The van der Waals surface area contributed by atoms with Crippen molar-refractivity contribution in [3.05, 3.63) is 86.0 Å². The maximum absolute atomic E-state index is 5.09. The van der Waals surface area contributed by atoms with Crippen LogP contribution in [-0.2, 0) is 32.1 Å². The van der Waals surface area contributed by atoms with Crippen LogP contribution >= 0.6 is 12.6 Å². The molecule has 0 amide bonds. The van der Waals surface area contributed by atoms with Crippen LogP contribution in [0.4, 0.5) is 11.4 Å². The maximum atomic E-state index is 5.09. The summed E-state index contributed by atoms with van der Waals surface area (Å²) in [7, 11) is 0. The van der Waals surface area contributed by atoms with E-state index < -0.39 is 0 Å². The van der Waals surface area contributed by atoms with Crippen molar-refractivity contribution in [1.29, 1.82) is 0 Å². The number of aryl methyl sites for hydroxylation is 3. The lowest BCUT2D eigenvalue weighted by Gasteiger charge is -2.43. The van der Waals surface area contributed by atoms with E-state index >= 15 is 0 Å². The van der Waals surface area contributed by atoms with E-state index in [-0.39, 0.29) is 0 Å². The molecule has 1 aliphatic carbocycles. The fraction of sp³-hybridized carbons (Fsp3) is 0.455. The molecule has 0 bridgehead atoms. The van der Waals surface area contributed by atoms with E-state index in [2.05, 4.69) is 47.1 Å². The molecule has 3 aromatic rings. The second-order valence-electron chi connectivity index (χ2n) is 11.9. The minimum Gasteiger partial charge on any atom is -0.371 e. The minimum atomic E-state index is 0.301. The van der Waals surface area contributed by atoms with Crippen molar-refractivity contribution >= 4 is 24.0 Å². The SMILES string of the molecule is Cc1ccc(C2c3cc4c5c(c3Cc3c2cc2c6c3CCCN6CCC2)CCCN5CCC4)c(S)c1. The summed E-state index contributed by atoms with van der Waals surface area (Å²) >= 11 is 5.09. The average molecular weight is 493 g/mol. The molecule has 36 heavy (non-hydrogen) atoms. The molecule has 4 aliphatic heterocycles. The summed E-state index contributed by atoms with van der Waals surface area (Å²) in [5.41, 5.74) is 19.1. The number of hydrogen-bond acceptors (Lipinski definition) is 3. The Labute approximate surface area is 221 Å². The molecule has 0 spiro atoms. The molecule has 0 saturated carbocycles. The third kappa shape index (κ3) is 3.05. The summed E-state index contributed by atoms with van der Waals surface area (Å²) in [5.74, 6) is 0.301. The van der Waals surface area contributed by atoms with Crippen molar-refractivity contribution in [2.75, 3.05) is 36.0 Å². The van der Waals surface area contributed by atoms with Gasteiger partial charge in [-0.25, -0.2) is 0 Å². The summed E-state index contributed by atoms with van der Waals surface area (Å²) in [5, 5.41) is 0. The van der Waals surface area contributed by atoms with Crippen LogP contribution in [0.2, 0.25) is 0 Å². The Hall–Kier alpha value is -2.39. The lowest BCUT2D eigenvalue weighted by molar-refractivity contribution is 0.619. The Balaban J connectivity index is 1.43. The highest BCUT2D eigenvalue weighted by molar-refractivity contribution is 7.80. The van der Waals surface area contributed by atoms with Crippen LogP contribution < -0.4 is 9.80 Å². The fourth-order valence-electron chi connectivity index (χ4n) is 8.41. The van der Waals surface area contributed by atoms with E-state index in [4.69, 9.17) is 12.6 Å². The number of thiol groups is 1. The lowest BCUT2D eigenvalue weighted by Crippen LogP contribution is -2.37. The Bertz CT molecular complexity index is 1330.